The third kappa shape index (κ3) is 9.15. The van der Waals surface area contributed by atoms with Crippen molar-refractivity contribution >= 4 is 46.2 Å². The summed E-state index contributed by atoms with van der Waals surface area (Å²) in [5.74, 6) is -3.51. The summed E-state index contributed by atoms with van der Waals surface area (Å²) in [6.45, 7) is -0.563. The van der Waals surface area contributed by atoms with E-state index in [9.17, 15) is 19.2 Å². The molecule has 0 aliphatic heterocycles. The lowest BCUT2D eigenvalue weighted by atomic mass is 10.1. The summed E-state index contributed by atoms with van der Waals surface area (Å²) in [7, 11) is 0.996. The fourth-order valence-corrected chi connectivity index (χ4v) is 2.05. The molecule has 0 bridgehead atoms. The molecule has 0 saturated carbocycles. The van der Waals surface area contributed by atoms with Crippen LogP contribution in [-0.2, 0) is 19.2 Å². The Morgan fingerprint density at radius 3 is 2.33 bits per heavy atom. The van der Waals surface area contributed by atoms with Crippen LogP contribution in [-0.4, -0.2) is 58.3 Å². The second kappa shape index (κ2) is 10.3. The van der Waals surface area contributed by atoms with Gasteiger partial charge < -0.3 is 26.6 Å². The summed E-state index contributed by atoms with van der Waals surface area (Å²) in [6, 6.07) is -2.12. The zero-order valence-electron chi connectivity index (χ0n) is 10.9. The van der Waals surface area contributed by atoms with Gasteiger partial charge in [0.15, 0.2) is 0 Å². The molecule has 0 aliphatic rings. The van der Waals surface area contributed by atoms with Crippen LogP contribution in [0.3, 0.4) is 0 Å². The van der Waals surface area contributed by atoms with Crippen molar-refractivity contribution in [2.24, 2.45) is 5.73 Å². The average molecular weight is 339 g/mol. The van der Waals surface area contributed by atoms with Gasteiger partial charge in [0.05, 0.1) is 0 Å². The summed E-state index contributed by atoms with van der Waals surface area (Å²) in [5.41, 5.74) is 5.25. The van der Waals surface area contributed by atoms with E-state index in [-0.39, 0.29) is 18.6 Å². The molecule has 0 heterocycles. The van der Waals surface area contributed by atoms with Crippen LogP contribution < -0.4 is 16.4 Å². The number of hydrogen-bond donors (Lipinski definition) is 6. The zero-order chi connectivity index (χ0) is 16.4. The first-order valence-electron chi connectivity index (χ1n) is 5.81. The molecule has 0 aromatic heterocycles. The van der Waals surface area contributed by atoms with E-state index in [1.54, 1.807) is 0 Å². The summed E-state index contributed by atoms with van der Waals surface area (Å²) in [5, 5.41) is 21.6. The van der Waals surface area contributed by atoms with Crippen molar-refractivity contribution in [3.05, 3.63) is 0 Å². The van der Waals surface area contributed by atoms with E-state index < -0.39 is 42.4 Å². The van der Waals surface area contributed by atoms with E-state index in [4.69, 9.17) is 15.9 Å². The molecule has 11 heteroatoms. The molecule has 120 valence electrons. The average Bonchev–Trinajstić information content (AvgIpc) is 2.41. The third-order valence-electron chi connectivity index (χ3n) is 2.31. The van der Waals surface area contributed by atoms with E-state index in [1.807, 2.05) is 0 Å². The maximum atomic E-state index is 11.7. The largest absolute Gasteiger partial charge is 0.480 e. The number of aliphatic carboxylic acids is 2. The van der Waals surface area contributed by atoms with Crippen LogP contribution in [0.1, 0.15) is 12.8 Å². The molecular formula is C10H17N3O6S2. The van der Waals surface area contributed by atoms with Gasteiger partial charge in [0, 0.05) is 12.2 Å². The van der Waals surface area contributed by atoms with E-state index in [0.29, 0.717) is 0 Å². The first-order chi connectivity index (χ1) is 9.77. The van der Waals surface area contributed by atoms with Crippen molar-refractivity contribution in [1.82, 2.24) is 10.6 Å². The number of carbonyl (C=O) groups excluding carboxylic acids is 2. The Labute approximate surface area is 129 Å². The van der Waals surface area contributed by atoms with Gasteiger partial charge in [-0.15, -0.1) is 11.7 Å². The van der Waals surface area contributed by atoms with Gasteiger partial charge in [-0.2, -0.15) is 0 Å². The van der Waals surface area contributed by atoms with Crippen LogP contribution >= 0.6 is 22.5 Å². The molecule has 0 saturated heterocycles. The predicted molar refractivity (Wildman–Crippen MR) is 78.9 cm³/mol. The molecule has 0 aliphatic carbocycles. The molecule has 2 unspecified atom stereocenters. The Bertz CT molecular complexity index is 406. The van der Waals surface area contributed by atoms with Gasteiger partial charge in [0.2, 0.25) is 11.8 Å². The Kier molecular flexibility index (Phi) is 9.58. The van der Waals surface area contributed by atoms with Crippen molar-refractivity contribution in [2.45, 2.75) is 24.9 Å². The highest BCUT2D eigenvalue weighted by atomic mass is 33.1. The molecule has 0 aromatic rings. The van der Waals surface area contributed by atoms with Crippen LogP contribution in [0.4, 0.5) is 0 Å². The van der Waals surface area contributed by atoms with Crippen molar-refractivity contribution in [1.29, 1.82) is 0 Å². The Morgan fingerprint density at radius 2 is 1.86 bits per heavy atom. The molecule has 2 atom stereocenters. The molecule has 0 aromatic carbocycles. The van der Waals surface area contributed by atoms with Crippen LogP contribution in [0, 0.1) is 0 Å². The number of carboxylic acids is 2. The number of carbonyl (C=O) groups is 4. The van der Waals surface area contributed by atoms with Crippen molar-refractivity contribution in [3.63, 3.8) is 0 Å². The summed E-state index contributed by atoms with van der Waals surface area (Å²) in [4.78, 5) is 44.1. The van der Waals surface area contributed by atoms with E-state index in [2.05, 4.69) is 22.3 Å². The van der Waals surface area contributed by atoms with E-state index in [1.165, 1.54) is 0 Å². The van der Waals surface area contributed by atoms with Crippen molar-refractivity contribution in [2.75, 3.05) is 12.3 Å². The predicted octanol–water partition coefficient (Wildman–Crippen LogP) is -1.56. The number of amides is 2. The minimum atomic E-state index is -1.22. The lowest BCUT2D eigenvalue weighted by Crippen LogP contribution is -2.49. The van der Waals surface area contributed by atoms with Gasteiger partial charge in [0.1, 0.15) is 18.6 Å². The van der Waals surface area contributed by atoms with Gasteiger partial charge in [-0.1, -0.05) is 10.8 Å². The van der Waals surface area contributed by atoms with Crippen molar-refractivity contribution < 1.29 is 29.4 Å². The van der Waals surface area contributed by atoms with Crippen molar-refractivity contribution in [3.8, 4) is 0 Å². The maximum Gasteiger partial charge on any atom is 0.322 e. The summed E-state index contributed by atoms with van der Waals surface area (Å²) in [6.07, 6.45) is -0.230. The van der Waals surface area contributed by atoms with Crippen LogP contribution in [0.25, 0.3) is 0 Å². The van der Waals surface area contributed by atoms with Crippen LogP contribution in [0.5, 0.6) is 0 Å². The van der Waals surface area contributed by atoms with Crippen LogP contribution in [0.2, 0.25) is 0 Å². The fraction of sp³-hybridized carbons (Fsp3) is 0.600. The molecule has 0 spiro atoms. The second-order valence-electron chi connectivity index (χ2n) is 4.01. The molecular weight excluding hydrogens is 322 g/mol. The first kappa shape index (κ1) is 19.5. The third-order valence-corrected chi connectivity index (χ3v) is 3.24. The quantitative estimate of drug-likeness (QED) is 0.206. The monoisotopic (exact) mass is 339 g/mol. The molecule has 0 fully saturated rings. The summed E-state index contributed by atoms with van der Waals surface area (Å²) < 4.78 is 0. The lowest BCUT2D eigenvalue weighted by Gasteiger charge is -2.17. The smallest absolute Gasteiger partial charge is 0.322 e. The highest BCUT2D eigenvalue weighted by Gasteiger charge is 2.21. The topological polar surface area (TPSA) is 159 Å². The standard InChI is InChI=1S/C10H17N3O6S2/c11-5(10(18)19)1-2-7(14)13-6(4-21-20)9(17)12-3-8(15)16/h5-6,20H,1-4,11H2,(H,12,17)(H,13,14)(H,15,16)(H,18,19). The molecule has 6 N–H and O–H groups in total. The second-order valence-corrected chi connectivity index (χ2v) is 5.38. The fourth-order valence-electron chi connectivity index (χ4n) is 1.22. The SMILES string of the molecule is NC(CCC(=O)NC(CSS)C(=O)NCC(=O)O)C(=O)O. The number of nitrogens with one attached hydrogen (secondary N) is 2. The van der Waals surface area contributed by atoms with Gasteiger partial charge in [0.25, 0.3) is 0 Å². The number of nitrogens with two attached hydrogens (primary N) is 1. The number of thiol groups is 1. The lowest BCUT2D eigenvalue weighted by molar-refractivity contribution is -0.139. The normalized spacial score (nSPS) is 13.0. The number of carboxylic acid groups (broad SMARTS) is 2. The van der Waals surface area contributed by atoms with E-state index in [0.717, 1.165) is 10.8 Å². The summed E-state index contributed by atoms with van der Waals surface area (Å²) >= 11 is 3.87. The molecule has 9 nitrogen and oxygen atoms in total. The highest BCUT2D eigenvalue weighted by Crippen LogP contribution is 2.07. The van der Waals surface area contributed by atoms with Gasteiger partial charge >= 0.3 is 11.9 Å². The molecule has 0 radical (unpaired) electrons. The van der Waals surface area contributed by atoms with E-state index >= 15 is 0 Å². The van der Waals surface area contributed by atoms with Gasteiger partial charge in [-0.25, -0.2) is 0 Å². The first-order valence-corrected chi connectivity index (χ1v) is 7.85. The minimum absolute atomic E-state index is 0.0708. The van der Waals surface area contributed by atoms with Gasteiger partial charge in [-0.3, -0.25) is 19.2 Å². The zero-order valence-corrected chi connectivity index (χ0v) is 12.7. The van der Waals surface area contributed by atoms with Crippen LogP contribution in [0.15, 0.2) is 0 Å². The maximum absolute atomic E-state index is 11.7. The van der Waals surface area contributed by atoms with Gasteiger partial charge in [-0.05, 0) is 6.42 Å². The minimum Gasteiger partial charge on any atom is -0.480 e. The molecule has 2 amide bonds. The molecule has 0 rings (SSSR count). The molecule has 21 heavy (non-hydrogen) atoms. The Morgan fingerprint density at radius 1 is 1.24 bits per heavy atom. The Hall–Kier alpha value is -1.46. The Balaban J connectivity index is 4.35. The number of hydrogen-bond acceptors (Lipinski definition) is 7. The number of rotatable bonds is 10. The highest BCUT2D eigenvalue weighted by molar-refractivity contribution is 8.68.